The molecule has 5 heteroatoms. The third-order valence-corrected chi connectivity index (χ3v) is 6.62. The largest absolute Gasteiger partial charge is 0.374 e. The van der Waals surface area contributed by atoms with Crippen LogP contribution in [0.3, 0.4) is 0 Å². The lowest BCUT2D eigenvalue weighted by molar-refractivity contribution is 0.395. The smallest absolute Gasteiger partial charge is 0.152 e. The first-order valence-electron chi connectivity index (χ1n) is 7.65. The van der Waals surface area contributed by atoms with Gasteiger partial charge >= 0.3 is 0 Å². The lowest BCUT2D eigenvalue weighted by Gasteiger charge is -2.28. The molecule has 0 bridgehead atoms. The molecule has 1 fully saturated rings. The number of nitrogens with zero attached hydrogens (tertiary/aromatic N) is 1. The number of benzene rings is 1. The minimum Gasteiger partial charge on any atom is -0.374 e. The van der Waals surface area contributed by atoms with Gasteiger partial charge in [0.2, 0.25) is 0 Å². The van der Waals surface area contributed by atoms with Gasteiger partial charge in [-0.05, 0) is 43.4 Å². The Hall–Kier alpha value is -1.07. The molecule has 1 saturated heterocycles. The number of aryl methyl sites for hydroxylation is 1. The van der Waals surface area contributed by atoms with E-state index in [1.54, 1.807) is 0 Å². The number of rotatable bonds is 3. The highest BCUT2D eigenvalue weighted by molar-refractivity contribution is 7.91. The van der Waals surface area contributed by atoms with E-state index in [1.807, 2.05) is 6.92 Å². The number of sulfone groups is 1. The van der Waals surface area contributed by atoms with Gasteiger partial charge in [-0.3, -0.25) is 0 Å². The third kappa shape index (κ3) is 3.24. The molecule has 116 valence electrons. The molecule has 0 aliphatic carbocycles. The molecule has 2 aliphatic rings. The minimum atomic E-state index is -2.85. The maximum atomic E-state index is 11.6. The Morgan fingerprint density at radius 2 is 2.19 bits per heavy atom. The molecule has 2 aliphatic heterocycles. The number of hydrogen-bond donors (Lipinski definition) is 1. The standard InChI is InChI=1S/C16H24N2O2S/c1-16(7-9-21(19,20)12-16)17-11-13-5-6-15-14(10-13)4-3-8-18(15)2/h5-6,10,17H,3-4,7-9,11-12H2,1-2H3. The normalized spacial score (nSPS) is 27.6. The summed E-state index contributed by atoms with van der Waals surface area (Å²) < 4.78 is 23.3. The summed E-state index contributed by atoms with van der Waals surface area (Å²) in [5.41, 5.74) is 3.72. The molecule has 3 rings (SSSR count). The van der Waals surface area contributed by atoms with Crippen LogP contribution in [0, 0.1) is 0 Å². The summed E-state index contributed by atoms with van der Waals surface area (Å²) in [6.07, 6.45) is 3.05. The molecular weight excluding hydrogens is 284 g/mol. The predicted octanol–water partition coefficient (Wildman–Crippen LogP) is 1.74. The fraction of sp³-hybridized carbons (Fsp3) is 0.625. The molecule has 0 radical (unpaired) electrons. The molecule has 4 nitrogen and oxygen atoms in total. The predicted molar refractivity (Wildman–Crippen MR) is 86.5 cm³/mol. The number of hydrogen-bond acceptors (Lipinski definition) is 4. The summed E-state index contributed by atoms with van der Waals surface area (Å²) in [5.74, 6) is 0.569. The fourth-order valence-electron chi connectivity index (χ4n) is 3.41. The highest BCUT2D eigenvalue weighted by atomic mass is 32.2. The van der Waals surface area contributed by atoms with Gasteiger partial charge in [0.05, 0.1) is 11.5 Å². The fourth-order valence-corrected chi connectivity index (χ4v) is 5.54. The lowest BCUT2D eigenvalue weighted by Crippen LogP contribution is -2.42. The summed E-state index contributed by atoms with van der Waals surface area (Å²) in [6.45, 7) is 3.88. The second kappa shape index (κ2) is 5.29. The first-order chi connectivity index (χ1) is 9.87. The van der Waals surface area contributed by atoms with Crippen molar-refractivity contribution in [3.8, 4) is 0 Å². The summed E-state index contributed by atoms with van der Waals surface area (Å²) >= 11 is 0. The summed E-state index contributed by atoms with van der Waals surface area (Å²) in [6, 6.07) is 6.62. The summed E-state index contributed by atoms with van der Waals surface area (Å²) in [4.78, 5) is 2.31. The maximum Gasteiger partial charge on any atom is 0.152 e. The average Bonchev–Trinajstić information content (AvgIpc) is 2.71. The van der Waals surface area contributed by atoms with Crippen molar-refractivity contribution < 1.29 is 8.42 Å². The Morgan fingerprint density at radius 3 is 2.90 bits per heavy atom. The van der Waals surface area contributed by atoms with Gasteiger partial charge in [-0.25, -0.2) is 8.42 Å². The molecule has 1 aromatic rings. The molecule has 1 atom stereocenters. The van der Waals surface area contributed by atoms with Crippen LogP contribution in [0.4, 0.5) is 5.69 Å². The Kier molecular flexibility index (Phi) is 3.74. The van der Waals surface area contributed by atoms with Crippen LogP contribution in [0.15, 0.2) is 18.2 Å². The Morgan fingerprint density at radius 1 is 1.38 bits per heavy atom. The molecule has 0 aromatic heterocycles. The van der Waals surface area contributed by atoms with Crippen molar-refractivity contribution >= 4 is 15.5 Å². The van der Waals surface area contributed by atoms with Crippen LogP contribution in [-0.4, -0.2) is 39.1 Å². The van der Waals surface area contributed by atoms with E-state index in [-0.39, 0.29) is 11.3 Å². The molecular formula is C16H24N2O2S. The zero-order valence-corrected chi connectivity index (χ0v) is 13.7. The number of anilines is 1. The Labute approximate surface area is 127 Å². The second-order valence-corrected chi connectivity index (χ2v) is 8.93. The molecule has 1 N–H and O–H groups in total. The van der Waals surface area contributed by atoms with Crippen LogP contribution in [0.2, 0.25) is 0 Å². The van der Waals surface area contributed by atoms with E-state index in [4.69, 9.17) is 0 Å². The topological polar surface area (TPSA) is 49.4 Å². The van der Waals surface area contributed by atoms with Gasteiger partial charge in [0.15, 0.2) is 9.84 Å². The van der Waals surface area contributed by atoms with Crippen LogP contribution in [0.25, 0.3) is 0 Å². The van der Waals surface area contributed by atoms with E-state index < -0.39 is 9.84 Å². The van der Waals surface area contributed by atoms with Gasteiger partial charge in [0.1, 0.15) is 0 Å². The first kappa shape index (κ1) is 14.9. The van der Waals surface area contributed by atoms with E-state index in [0.29, 0.717) is 12.2 Å². The third-order valence-electron chi connectivity index (χ3n) is 4.72. The van der Waals surface area contributed by atoms with Crippen molar-refractivity contribution in [2.45, 2.75) is 38.3 Å². The zero-order chi connectivity index (χ0) is 15.1. The molecule has 1 aromatic carbocycles. The van der Waals surface area contributed by atoms with Gasteiger partial charge < -0.3 is 10.2 Å². The SMILES string of the molecule is CN1CCCc2cc(CNC3(C)CCS(=O)(=O)C3)ccc21. The summed E-state index contributed by atoms with van der Waals surface area (Å²) in [5, 5.41) is 3.46. The van der Waals surface area contributed by atoms with Crippen molar-refractivity contribution in [1.82, 2.24) is 5.32 Å². The summed E-state index contributed by atoms with van der Waals surface area (Å²) in [7, 11) is -0.710. The van der Waals surface area contributed by atoms with E-state index in [0.717, 1.165) is 19.5 Å². The van der Waals surface area contributed by atoms with Crippen LogP contribution in [0.5, 0.6) is 0 Å². The van der Waals surface area contributed by atoms with Crippen LogP contribution >= 0.6 is 0 Å². The molecule has 0 saturated carbocycles. The Bertz CT molecular complexity index is 642. The zero-order valence-electron chi connectivity index (χ0n) is 12.9. The van der Waals surface area contributed by atoms with Crippen molar-refractivity contribution in [3.05, 3.63) is 29.3 Å². The Balaban J connectivity index is 1.69. The van der Waals surface area contributed by atoms with E-state index in [9.17, 15) is 8.42 Å². The van der Waals surface area contributed by atoms with Crippen LogP contribution < -0.4 is 10.2 Å². The van der Waals surface area contributed by atoms with Gasteiger partial charge in [0.25, 0.3) is 0 Å². The average molecular weight is 308 g/mol. The van der Waals surface area contributed by atoms with Gasteiger partial charge in [0, 0.05) is 31.4 Å². The van der Waals surface area contributed by atoms with Crippen molar-refractivity contribution in [3.63, 3.8) is 0 Å². The molecule has 0 amide bonds. The molecule has 2 heterocycles. The quantitative estimate of drug-likeness (QED) is 0.924. The molecule has 1 unspecified atom stereocenters. The van der Waals surface area contributed by atoms with Gasteiger partial charge in [-0.15, -0.1) is 0 Å². The van der Waals surface area contributed by atoms with Crippen molar-refractivity contribution in [2.24, 2.45) is 0 Å². The molecule has 21 heavy (non-hydrogen) atoms. The minimum absolute atomic E-state index is 0.258. The van der Waals surface area contributed by atoms with Gasteiger partial charge in [-0.1, -0.05) is 12.1 Å². The highest BCUT2D eigenvalue weighted by Gasteiger charge is 2.37. The number of fused-ring (bicyclic) bond motifs is 1. The van der Waals surface area contributed by atoms with Crippen LogP contribution in [0.1, 0.15) is 30.9 Å². The van der Waals surface area contributed by atoms with E-state index in [2.05, 4.69) is 35.5 Å². The van der Waals surface area contributed by atoms with Gasteiger partial charge in [-0.2, -0.15) is 0 Å². The second-order valence-electron chi connectivity index (χ2n) is 6.74. The lowest BCUT2D eigenvalue weighted by atomic mass is 9.98. The highest BCUT2D eigenvalue weighted by Crippen LogP contribution is 2.28. The van der Waals surface area contributed by atoms with Crippen LogP contribution in [-0.2, 0) is 22.8 Å². The van der Waals surface area contributed by atoms with Crippen molar-refractivity contribution in [2.75, 3.05) is 30.0 Å². The first-order valence-corrected chi connectivity index (χ1v) is 9.47. The van der Waals surface area contributed by atoms with E-state index >= 15 is 0 Å². The number of nitrogens with one attached hydrogen (secondary N) is 1. The van der Waals surface area contributed by atoms with Crippen molar-refractivity contribution in [1.29, 1.82) is 0 Å². The maximum absolute atomic E-state index is 11.6. The van der Waals surface area contributed by atoms with E-state index in [1.165, 1.54) is 23.2 Å². The monoisotopic (exact) mass is 308 g/mol. The molecule has 0 spiro atoms.